The number of hydrogen-bond acceptors (Lipinski definition) is 5. The molecule has 0 radical (unpaired) electrons. The molecule has 1 heterocycles. The number of nitrogens with zero attached hydrogens (tertiary/aromatic N) is 1. The number of aliphatic hydroxyl groups is 1. The van der Waals surface area contributed by atoms with Crippen LogP contribution in [0.1, 0.15) is 23.2 Å². The average molecular weight is 279 g/mol. The Labute approximate surface area is 119 Å². The molecule has 1 aromatic rings. The average Bonchev–Trinajstić information content (AvgIpc) is 2.53. The highest BCUT2D eigenvalue weighted by Gasteiger charge is 2.21. The fraction of sp³-hybridized carbons (Fsp3) is 0.533. The number of anilines is 1. The van der Waals surface area contributed by atoms with Gasteiger partial charge in [0.05, 0.1) is 14.2 Å². The summed E-state index contributed by atoms with van der Waals surface area (Å²) >= 11 is 0. The highest BCUT2D eigenvalue weighted by molar-refractivity contribution is 5.93. The largest absolute Gasteiger partial charge is 0.496 e. The smallest absolute Gasteiger partial charge is 0.341 e. The fourth-order valence-corrected chi connectivity index (χ4v) is 2.61. The predicted molar refractivity (Wildman–Crippen MR) is 76.4 cm³/mol. The third-order valence-corrected chi connectivity index (χ3v) is 3.73. The Kier molecular flexibility index (Phi) is 4.84. The van der Waals surface area contributed by atoms with Crippen LogP contribution in [0.3, 0.4) is 0 Å². The van der Waals surface area contributed by atoms with Crippen molar-refractivity contribution in [1.82, 2.24) is 0 Å². The van der Waals surface area contributed by atoms with Gasteiger partial charge in [-0.05, 0) is 37.0 Å². The van der Waals surface area contributed by atoms with Crippen molar-refractivity contribution >= 4 is 11.7 Å². The van der Waals surface area contributed by atoms with Crippen LogP contribution in [0, 0.1) is 5.92 Å². The van der Waals surface area contributed by atoms with Gasteiger partial charge in [0.2, 0.25) is 0 Å². The molecule has 2 rings (SSSR count). The molecule has 1 aromatic carbocycles. The summed E-state index contributed by atoms with van der Waals surface area (Å²) in [5.41, 5.74) is 1.39. The molecule has 1 fully saturated rings. The van der Waals surface area contributed by atoms with Gasteiger partial charge in [-0.1, -0.05) is 0 Å². The first-order chi connectivity index (χ1) is 9.69. The zero-order chi connectivity index (χ0) is 14.5. The number of piperidine rings is 1. The van der Waals surface area contributed by atoms with Gasteiger partial charge >= 0.3 is 5.97 Å². The van der Waals surface area contributed by atoms with E-state index in [9.17, 15) is 9.90 Å². The zero-order valence-electron chi connectivity index (χ0n) is 12.0. The molecule has 1 N–H and O–H groups in total. The minimum atomic E-state index is -0.403. The number of carbonyl (C=O) groups is 1. The van der Waals surface area contributed by atoms with E-state index < -0.39 is 5.97 Å². The Morgan fingerprint density at radius 2 is 2.25 bits per heavy atom. The molecule has 0 spiro atoms. The number of aliphatic hydroxyl groups excluding tert-OH is 1. The van der Waals surface area contributed by atoms with Gasteiger partial charge in [0.25, 0.3) is 0 Å². The zero-order valence-corrected chi connectivity index (χ0v) is 12.0. The lowest BCUT2D eigenvalue weighted by atomic mass is 9.98. The summed E-state index contributed by atoms with van der Waals surface area (Å²) in [6.45, 7) is 1.95. The summed E-state index contributed by atoms with van der Waals surface area (Å²) in [6, 6.07) is 5.51. The van der Waals surface area contributed by atoms with Crippen LogP contribution in [0.4, 0.5) is 5.69 Å². The highest BCUT2D eigenvalue weighted by Crippen LogP contribution is 2.28. The topological polar surface area (TPSA) is 59.0 Å². The minimum absolute atomic E-state index is 0.205. The molecular formula is C15H21NO4. The molecule has 20 heavy (non-hydrogen) atoms. The van der Waals surface area contributed by atoms with Gasteiger partial charge < -0.3 is 19.5 Å². The van der Waals surface area contributed by atoms with Gasteiger partial charge in [0, 0.05) is 25.4 Å². The summed E-state index contributed by atoms with van der Waals surface area (Å²) in [5.74, 6) is 0.406. The van der Waals surface area contributed by atoms with Crippen molar-refractivity contribution in [3.63, 3.8) is 0 Å². The summed E-state index contributed by atoms with van der Waals surface area (Å²) in [5, 5.41) is 9.30. The lowest BCUT2D eigenvalue weighted by molar-refractivity contribution is 0.0597. The van der Waals surface area contributed by atoms with E-state index in [0.29, 0.717) is 17.2 Å². The first kappa shape index (κ1) is 14.7. The molecule has 1 atom stereocenters. The maximum absolute atomic E-state index is 11.8. The molecule has 1 aliphatic rings. The van der Waals surface area contributed by atoms with E-state index in [-0.39, 0.29) is 6.61 Å². The second kappa shape index (κ2) is 6.61. The van der Waals surface area contributed by atoms with E-state index in [2.05, 4.69) is 4.90 Å². The minimum Gasteiger partial charge on any atom is -0.496 e. The van der Waals surface area contributed by atoms with Crippen molar-refractivity contribution in [3.05, 3.63) is 23.8 Å². The molecule has 0 unspecified atom stereocenters. The van der Waals surface area contributed by atoms with Gasteiger partial charge in [-0.3, -0.25) is 0 Å². The number of methoxy groups -OCH3 is 2. The maximum atomic E-state index is 11.8. The predicted octanol–water partition coefficient (Wildman–Crippen LogP) is 1.69. The van der Waals surface area contributed by atoms with E-state index in [1.807, 2.05) is 6.07 Å². The van der Waals surface area contributed by atoms with Gasteiger partial charge in [-0.2, -0.15) is 0 Å². The third kappa shape index (κ3) is 3.04. The van der Waals surface area contributed by atoms with E-state index in [4.69, 9.17) is 9.47 Å². The monoisotopic (exact) mass is 279 g/mol. The lowest BCUT2D eigenvalue weighted by Crippen LogP contribution is -2.36. The van der Waals surface area contributed by atoms with Crippen LogP contribution >= 0.6 is 0 Å². The Bertz CT molecular complexity index is 475. The second-order valence-corrected chi connectivity index (χ2v) is 5.01. The maximum Gasteiger partial charge on any atom is 0.341 e. The standard InChI is InChI=1S/C15H21NO4/c1-19-14-6-5-12(8-13(14)15(18)20-2)16-7-3-4-11(9-16)10-17/h5-6,8,11,17H,3-4,7,9-10H2,1-2H3/t11-/m0/s1. The first-order valence-electron chi connectivity index (χ1n) is 6.81. The van der Waals surface area contributed by atoms with Crippen LogP contribution in [0.2, 0.25) is 0 Å². The van der Waals surface area contributed by atoms with E-state index in [1.165, 1.54) is 14.2 Å². The first-order valence-corrected chi connectivity index (χ1v) is 6.81. The molecule has 0 aromatic heterocycles. The van der Waals surface area contributed by atoms with E-state index in [1.54, 1.807) is 12.1 Å². The SMILES string of the molecule is COC(=O)c1cc(N2CCC[C@H](CO)C2)ccc1OC. The van der Waals surface area contributed by atoms with Gasteiger partial charge in [-0.15, -0.1) is 0 Å². The number of rotatable bonds is 4. The number of ether oxygens (including phenoxy) is 2. The molecule has 1 aliphatic heterocycles. The molecule has 0 saturated carbocycles. The molecule has 5 nitrogen and oxygen atoms in total. The Hall–Kier alpha value is -1.75. The van der Waals surface area contributed by atoms with Crippen LogP contribution < -0.4 is 9.64 Å². The molecular weight excluding hydrogens is 258 g/mol. The third-order valence-electron chi connectivity index (χ3n) is 3.73. The van der Waals surface area contributed by atoms with Gasteiger partial charge in [0.1, 0.15) is 11.3 Å². The van der Waals surface area contributed by atoms with Crippen LogP contribution in [0.15, 0.2) is 18.2 Å². The molecule has 1 saturated heterocycles. The Morgan fingerprint density at radius 1 is 1.45 bits per heavy atom. The van der Waals surface area contributed by atoms with Crippen LogP contribution in [-0.4, -0.2) is 45.0 Å². The number of esters is 1. The van der Waals surface area contributed by atoms with E-state index in [0.717, 1.165) is 31.6 Å². The number of benzene rings is 1. The molecule has 0 bridgehead atoms. The van der Waals surface area contributed by atoms with Crippen LogP contribution in [-0.2, 0) is 4.74 Å². The fourth-order valence-electron chi connectivity index (χ4n) is 2.61. The van der Waals surface area contributed by atoms with E-state index >= 15 is 0 Å². The van der Waals surface area contributed by atoms with Crippen molar-refractivity contribution in [2.45, 2.75) is 12.8 Å². The molecule has 110 valence electrons. The Balaban J connectivity index is 2.26. The van der Waals surface area contributed by atoms with Crippen molar-refractivity contribution in [2.75, 3.05) is 38.8 Å². The second-order valence-electron chi connectivity index (χ2n) is 5.01. The quantitative estimate of drug-likeness (QED) is 0.850. The Morgan fingerprint density at radius 3 is 2.90 bits per heavy atom. The summed E-state index contributed by atoms with van der Waals surface area (Å²) in [4.78, 5) is 14.0. The lowest BCUT2D eigenvalue weighted by Gasteiger charge is -2.33. The highest BCUT2D eigenvalue weighted by atomic mass is 16.5. The summed E-state index contributed by atoms with van der Waals surface area (Å²) in [7, 11) is 2.89. The molecule has 0 aliphatic carbocycles. The summed E-state index contributed by atoms with van der Waals surface area (Å²) in [6.07, 6.45) is 2.10. The van der Waals surface area contributed by atoms with Crippen LogP contribution in [0.25, 0.3) is 0 Å². The number of hydrogen-bond donors (Lipinski definition) is 1. The van der Waals surface area contributed by atoms with Gasteiger partial charge in [0.15, 0.2) is 0 Å². The molecule has 0 amide bonds. The van der Waals surface area contributed by atoms with Crippen molar-refractivity contribution < 1.29 is 19.4 Å². The van der Waals surface area contributed by atoms with Gasteiger partial charge in [-0.25, -0.2) is 4.79 Å². The normalized spacial score (nSPS) is 18.8. The van der Waals surface area contributed by atoms with Crippen molar-refractivity contribution in [2.24, 2.45) is 5.92 Å². The van der Waals surface area contributed by atoms with Crippen LogP contribution in [0.5, 0.6) is 5.75 Å². The van der Waals surface area contributed by atoms with Crippen molar-refractivity contribution in [1.29, 1.82) is 0 Å². The molecule has 5 heteroatoms. The van der Waals surface area contributed by atoms with Crippen molar-refractivity contribution in [3.8, 4) is 5.75 Å². The summed E-state index contributed by atoms with van der Waals surface area (Å²) < 4.78 is 9.98. The number of carbonyl (C=O) groups excluding carboxylic acids is 1.